The minimum absolute atomic E-state index is 0.136. The van der Waals surface area contributed by atoms with E-state index in [1.165, 1.54) is 0 Å². The first-order valence-electron chi connectivity index (χ1n) is 12.1. The van der Waals surface area contributed by atoms with Crippen molar-refractivity contribution in [2.45, 2.75) is 19.5 Å². The Kier molecular flexibility index (Phi) is 6.47. The molecular formula is C31H27N3O3. The number of anilines is 1. The van der Waals surface area contributed by atoms with Crippen molar-refractivity contribution in [2.24, 2.45) is 0 Å². The number of aromatic carboxylic acids is 1. The second kappa shape index (κ2) is 10.0. The average Bonchev–Trinajstić information content (AvgIpc) is 3.31. The van der Waals surface area contributed by atoms with Crippen LogP contribution in [0.3, 0.4) is 0 Å². The highest BCUT2D eigenvalue weighted by atomic mass is 16.4. The van der Waals surface area contributed by atoms with Gasteiger partial charge in [-0.05, 0) is 77.7 Å². The van der Waals surface area contributed by atoms with E-state index in [0.29, 0.717) is 17.8 Å². The Morgan fingerprint density at radius 3 is 2.46 bits per heavy atom. The number of benzene rings is 4. The summed E-state index contributed by atoms with van der Waals surface area (Å²) in [5, 5.41) is 13.4. The van der Waals surface area contributed by atoms with Crippen molar-refractivity contribution in [1.29, 1.82) is 0 Å². The number of amides is 1. The fourth-order valence-electron chi connectivity index (χ4n) is 4.57. The zero-order valence-electron chi connectivity index (χ0n) is 20.4. The van der Waals surface area contributed by atoms with Crippen molar-refractivity contribution in [3.63, 3.8) is 0 Å². The van der Waals surface area contributed by atoms with Gasteiger partial charge < -0.3 is 20.7 Å². The monoisotopic (exact) mass is 489 g/mol. The number of carboxylic acid groups (broad SMARTS) is 1. The summed E-state index contributed by atoms with van der Waals surface area (Å²) in [6.07, 6.45) is 2.01. The van der Waals surface area contributed by atoms with Gasteiger partial charge >= 0.3 is 5.97 Å². The lowest BCUT2D eigenvalue weighted by molar-refractivity contribution is 0.0696. The number of carbonyl (C=O) groups excluding carboxylic acids is 1. The molecule has 6 heteroatoms. The fraction of sp³-hybridized carbons (Fsp3) is 0.0968. The van der Waals surface area contributed by atoms with Crippen LogP contribution in [0.2, 0.25) is 0 Å². The van der Waals surface area contributed by atoms with Crippen LogP contribution in [-0.2, 0) is 6.54 Å². The molecular weight excluding hydrogens is 462 g/mol. The molecule has 0 aliphatic rings. The molecule has 0 bridgehead atoms. The fourth-order valence-corrected chi connectivity index (χ4v) is 4.57. The number of nitrogens with one attached hydrogen (secondary N) is 1. The van der Waals surface area contributed by atoms with Crippen LogP contribution in [0.15, 0.2) is 103 Å². The van der Waals surface area contributed by atoms with Crippen molar-refractivity contribution in [3.8, 4) is 11.1 Å². The first-order chi connectivity index (χ1) is 17.9. The summed E-state index contributed by atoms with van der Waals surface area (Å²) in [6, 6.07) is 30.0. The number of fused-ring (bicyclic) bond motifs is 1. The molecule has 4 N–H and O–H groups in total. The van der Waals surface area contributed by atoms with Gasteiger partial charge in [0.15, 0.2) is 0 Å². The first-order valence-corrected chi connectivity index (χ1v) is 12.1. The Hall–Kier alpha value is -4.84. The number of nitrogens with two attached hydrogens (primary N) is 1. The number of nitrogens with zero attached hydrogens (tertiary/aromatic N) is 1. The lowest BCUT2D eigenvalue weighted by Gasteiger charge is -2.15. The first kappa shape index (κ1) is 23.9. The van der Waals surface area contributed by atoms with Gasteiger partial charge in [0, 0.05) is 34.9 Å². The molecule has 1 heterocycles. The van der Waals surface area contributed by atoms with Gasteiger partial charge in [-0.3, -0.25) is 4.79 Å². The molecule has 6 nitrogen and oxygen atoms in total. The Balaban J connectivity index is 1.38. The number of carbonyl (C=O) groups is 2. The summed E-state index contributed by atoms with van der Waals surface area (Å²) < 4.78 is 2.13. The van der Waals surface area contributed by atoms with Crippen LogP contribution >= 0.6 is 0 Å². The van der Waals surface area contributed by atoms with Crippen molar-refractivity contribution in [3.05, 3.63) is 126 Å². The molecule has 0 aliphatic heterocycles. The second-order valence-corrected chi connectivity index (χ2v) is 9.12. The lowest BCUT2D eigenvalue weighted by atomic mass is 9.98. The van der Waals surface area contributed by atoms with E-state index in [0.717, 1.165) is 33.2 Å². The standard InChI is InChI=1S/C31H27N3O3/c1-20(21-9-12-27(32)13-10-21)33-30(35)24-11-14-29-23(18-24)15-16-34(29)19-26-5-2-3-8-28(26)22-6-4-7-25(17-22)31(36)37/h2-18,20H,19,32H2,1H3,(H,33,35)(H,36,37)/t20-/m0/s1. The zero-order chi connectivity index (χ0) is 25.9. The summed E-state index contributed by atoms with van der Waals surface area (Å²) >= 11 is 0. The van der Waals surface area contributed by atoms with E-state index in [1.54, 1.807) is 18.2 Å². The number of nitrogen functional groups attached to an aromatic ring is 1. The number of hydrogen-bond donors (Lipinski definition) is 3. The molecule has 0 saturated carbocycles. The van der Waals surface area contributed by atoms with Crippen LogP contribution in [0.25, 0.3) is 22.0 Å². The normalized spacial score (nSPS) is 11.8. The Bertz CT molecular complexity index is 1600. The van der Waals surface area contributed by atoms with Gasteiger partial charge in [0.2, 0.25) is 0 Å². The molecule has 0 aliphatic carbocycles. The van der Waals surface area contributed by atoms with E-state index in [4.69, 9.17) is 5.73 Å². The van der Waals surface area contributed by atoms with Crippen molar-refractivity contribution in [1.82, 2.24) is 9.88 Å². The summed E-state index contributed by atoms with van der Waals surface area (Å²) in [7, 11) is 0. The summed E-state index contributed by atoms with van der Waals surface area (Å²) in [4.78, 5) is 24.4. The molecule has 184 valence electrons. The van der Waals surface area contributed by atoms with Crippen LogP contribution in [0.1, 0.15) is 44.8 Å². The molecule has 0 saturated heterocycles. The average molecular weight is 490 g/mol. The van der Waals surface area contributed by atoms with Crippen molar-refractivity contribution < 1.29 is 14.7 Å². The Labute approximate surface area is 215 Å². The van der Waals surface area contributed by atoms with Gasteiger partial charge in [-0.15, -0.1) is 0 Å². The van der Waals surface area contributed by atoms with Crippen LogP contribution in [-0.4, -0.2) is 21.6 Å². The van der Waals surface area contributed by atoms with Gasteiger partial charge in [-0.1, -0.05) is 48.5 Å². The molecule has 1 amide bonds. The summed E-state index contributed by atoms with van der Waals surface area (Å²) in [5.74, 6) is -1.08. The predicted molar refractivity (Wildman–Crippen MR) is 147 cm³/mol. The number of hydrogen-bond acceptors (Lipinski definition) is 3. The molecule has 37 heavy (non-hydrogen) atoms. The number of rotatable bonds is 7. The van der Waals surface area contributed by atoms with E-state index in [-0.39, 0.29) is 17.5 Å². The molecule has 0 spiro atoms. The predicted octanol–water partition coefficient (Wildman–Crippen LogP) is 6.13. The Morgan fingerprint density at radius 1 is 0.892 bits per heavy atom. The number of carboxylic acids is 1. The quantitative estimate of drug-likeness (QED) is 0.240. The van der Waals surface area contributed by atoms with Gasteiger partial charge in [-0.2, -0.15) is 0 Å². The van der Waals surface area contributed by atoms with Crippen molar-refractivity contribution >= 4 is 28.5 Å². The minimum Gasteiger partial charge on any atom is -0.478 e. The third-order valence-electron chi connectivity index (χ3n) is 6.60. The topological polar surface area (TPSA) is 97.3 Å². The summed E-state index contributed by atoms with van der Waals surface area (Å²) in [6.45, 7) is 2.55. The molecule has 1 aromatic heterocycles. The van der Waals surface area contributed by atoms with Gasteiger partial charge in [0.1, 0.15) is 0 Å². The molecule has 0 radical (unpaired) electrons. The SMILES string of the molecule is C[C@H](NC(=O)c1ccc2c(ccn2Cc2ccccc2-c2cccc(C(=O)O)c2)c1)c1ccc(N)cc1. The molecule has 1 atom stereocenters. The molecule has 0 unspecified atom stereocenters. The minimum atomic E-state index is -0.946. The van der Waals surface area contributed by atoms with Gasteiger partial charge in [0.25, 0.3) is 5.91 Å². The maximum Gasteiger partial charge on any atom is 0.335 e. The third kappa shape index (κ3) is 5.09. The summed E-state index contributed by atoms with van der Waals surface area (Å²) in [5.41, 5.74) is 12.2. The number of aromatic nitrogens is 1. The molecule has 0 fully saturated rings. The molecule has 5 aromatic rings. The van der Waals surface area contributed by atoms with Crippen LogP contribution in [0, 0.1) is 0 Å². The largest absolute Gasteiger partial charge is 0.478 e. The van der Waals surface area contributed by atoms with E-state index in [9.17, 15) is 14.7 Å². The lowest BCUT2D eigenvalue weighted by Crippen LogP contribution is -2.26. The van der Waals surface area contributed by atoms with E-state index in [1.807, 2.05) is 85.9 Å². The van der Waals surface area contributed by atoms with Crippen LogP contribution in [0.4, 0.5) is 5.69 Å². The Morgan fingerprint density at radius 2 is 1.68 bits per heavy atom. The molecule has 4 aromatic carbocycles. The van der Waals surface area contributed by atoms with E-state index in [2.05, 4.69) is 16.0 Å². The van der Waals surface area contributed by atoms with E-state index < -0.39 is 5.97 Å². The maximum absolute atomic E-state index is 12.9. The van der Waals surface area contributed by atoms with Gasteiger partial charge in [-0.25, -0.2) is 4.79 Å². The van der Waals surface area contributed by atoms with Crippen LogP contribution in [0.5, 0.6) is 0 Å². The zero-order valence-corrected chi connectivity index (χ0v) is 20.4. The highest BCUT2D eigenvalue weighted by Crippen LogP contribution is 2.27. The highest BCUT2D eigenvalue weighted by Gasteiger charge is 2.14. The second-order valence-electron chi connectivity index (χ2n) is 9.12. The molecule has 5 rings (SSSR count). The van der Waals surface area contributed by atoms with Crippen molar-refractivity contribution in [2.75, 3.05) is 5.73 Å². The smallest absolute Gasteiger partial charge is 0.335 e. The highest BCUT2D eigenvalue weighted by molar-refractivity contribution is 5.98. The van der Waals surface area contributed by atoms with Gasteiger partial charge in [0.05, 0.1) is 11.6 Å². The third-order valence-corrected chi connectivity index (χ3v) is 6.60. The van der Waals surface area contributed by atoms with E-state index >= 15 is 0 Å². The van der Waals surface area contributed by atoms with Crippen LogP contribution < -0.4 is 11.1 Å². The maximum atomic E-state index is 12.9.